The van der Waals surface area contributed by atoms with Crippen molar-refractivity contribution in [1.82, 2.24) is 4.90 Å². The lowest BCUT2D eigenvalue weighted by molar-refractivity contribution is -0.118. The molecule has 0 unspecified atom stereocenters. The first-order chi connectivity index (χ1) is 15.4. The Hall–Kier alpha value is -3.75. The van der Waals surface area contributed by atoms with Crippen LogP contribution in [0.5, 0.6) is 23.0 Å². The minimum atomic E-state index is -0.396. The summed E-state index contributed by atoms with van der Waals surface area (Å²) in [6, 6.07) is 10.1. The smallest absolute Gasteiger partial charge is 0.345 e. The maximum absolute atomic E-state index is 13.4. The van der Waals surface area contributed by atoms with E-state index in [1.807, 2.05) is 24.3 Å². The number of urea groups is 1. The summed E-state index contributed by atoms with van der Waals surface area (Å²) in [5, 5.41) is 0. The van der Waals surface area contributed by atoms with Crippen molar-refractivity contribution in [3.63, 3.8) is 0 Å². The maximum atomic E-state index is 13.4. The third kappa shape index (κ3) is 3.39. The highest BCUT2D eigenvalue weighted by molar-refractivity contribution is 6.25. The molecule has 4 rings (SSSR count). The molecule has 0 aliphatic carbocycles. The zero-order valence-electron chi connectivity index (χ0n) is 18.6. The van der Waals surface area contributed by atoms with Gasteiger partial charge in [-0.25, -0.2) is 4.79 Å². The Balaban J connectivity index is 1.79. The van der Waals surface area contributed by atoms with E-state index in [2.05, 4.69) is 4.99 Å². The van der Waals surface area contributed by atoms with Gasteiger partial charge in [-0.1, -0.05) is 12.1 Å². The number of fused-ring (bicyclic) bond motifs is 1. The fourth-order valence-electron chi connectivity index (χ4n) is 4.31. The van der Waals surface area contributed by atoms with Gasteiger partial charge in [-0.15, -0.1) is 0 Å². The van der Waals surface area contributed by atoms with E-state index in [1.165, 1.54) is 26.2 Å². The number of amides is 3. The zero-order valence-corrected chi connectivity index (χ0v) is 18.6. The maximum Gasteiger partial charge on any atom is 0.345 e. The van der Waals surface area contributed by atoms with E-state index in [4.69, 9.17) is 18.9 Å². The number of hydrogen-bond acceptors (Lipinski definition) is 6. The Kier molecular flexibility index (Phi) is 5.65. The minimum Gasteiger partial charge on any atom is -0.497 e. The quantitative estimate of drug-likeness (QED) is 0.687. The van der Waals surface area contributed by atoms with E-state index < -0.39 is 12.1 Å². The number of nitrogens with zero attached hydrogens (tertiary/aromatic N) is 3. The van der Waals surface area contributed by atoms with Crippen LogP contribution in [0.15, 0.2) is 41.4 Å². The van der Waals surface area contributed by atoms with Gasteiger partial charge in [-0.2, -0.15) is 4.99 Å². The molecular weight excluding hydrogens is 414 g/mol. The highest BCUT2D eigenvalue weighted by Gasteiger charge is 2.48. The molecule has 2 aliphatic rings. The largest absolute Gasteiger partial charge is 0.497 e. The Morgan fingerprint density at radius 2 is 1.53 bits per heavy atom. The predicted octanol–water partition coefficient (Wildman–Crippen LogP) is 3.07. The Morgan fingerprint density at radius 1 is 0.906 bits per heavy atom. The summed E-state index contributed by atoms with van der Waals surface area (Å²) >= 11 is 0. The van der Waals surface area contributed by atoms with E-state index in [-0.39, 0.29) is 18.2 Å². The normalized spacial score (nSPS) is 20.1. The average molecular weight is 439 g/mol. The van der Waals surface area contributed by atoms with Gasteiger partial charge < -0.3 is 23.8 Å². The monoisotopic (exact) mass is 439 g/mol. The molecule has 2 aromatic carbocycles. The molecule has 9 heteroatoms. The van der Waals surface area contributed by atoms with E-state index in [1.54, 1.807) is 31.2 Å². The third-order valence-corrected chi connectivity index (χ3v) is 5.90. The highest BCUT2D eigenvalue weighted by atomic mass is 16.5. The molecule has 0 spiro atoms. The number of carbonyl (C=O) groups is 2. The number of amidine groups is 1. The van der Waals surface area contributed by atoms with Crippen molar-refractivity contribution in [2.24, 2.45) is 4.99 Å². The number of methoxy groups -OCH3 is 4. The summed E-state index contributed by atoms with van der Waals surface area (Å²) in [6.07, 6.45) is 0.199. The van der Waals surface area contributed by atoms with E-state index >= 15 is 0 Å². The zero-order chi connectivity index (χ0) is 23.0. The molecule has 3 amide bonds. The first kappa shape index (κ1) is 21.5. The molecule has 0 aromatic heterocycles. The minimum absolute atomic E-state index is 0.182. The molecule has 9 nitrogen and oxygen atoms in total. The van der Waals surface area contributed by atoms with Crippen molar-refractivity contribution in [3.05, 3.63) is 42.0 Å². The van der Waals surface area contributed by atoms with Gasteiger partial charge in [0.05, 0.1) is 40.2 Å². The Morgan fingerprint density at radius 3 is 2.06 bits per heavy atom. The van der Waals surface area contributed by atoms with Gasteiger partial charge in [-0.3, -0.25) is 9.69 Å². The second kappa shape index (κ2) is 8.41. The van der Waals surface area contributed by atoms with Crippen LogP contribution in [-0.2, 0) is 4.79 Å². The van der Waals surface area contributed by atoms with Crippen LogP contribution in [0.3, 0.4) is 0 Å². The molecule has 0 bridgehead atoms. The van der Waals surface area contributed by atoms with Crippen LogP contribution in [0, 0.1) is 0 Å². The van der Waals surface area contributed by atoms with Crippen LogP contribution < -0.4 is 23.8 Å². The number of rotatable bonds is 6. The molecule has 1 saturated heterocycles. The second-order valence-corrected chi connectivity index (χ2v) is 7.50. The van der Waals surface area contributed by atoms with Gasteiger partial charge in [-0.05, 0) is 17.7 Å². The third-order valence-electron chi connectivity index (χ3n) is 5.90. The van der Waals surface area contributed by atoms with Crippen molar-refractivity contribution < 1.29 is 28.5 Å². The van der Waals surface area contributed by atoms with Gasteiger partial charge in [0.15, 0.2) is 11.5 Å². The number of ether oxygens (including phenoxy) is 4. The number of benzene rings is 2. The van der Waals surface area contributed by atoms with Crippen LogP contribution in [0.2, 0.25) is 0 Å². The Labute approximate surface area is 186 Å². The summed E-state index contributed by atoms with van der Waals surface area (Å²) in [6.45, 7) is 0. The van der Waals surface area contributed by atoms with Crippen LogP contribution in [-0.4, -0.2) is 64.2 Å². The summed E-state index contributed by atoms with van der Waals surface area (Å²) in [5.74, 6) is 1.91. The first-order valence-electron chi connectivity index (χ1n) is 10.1. The van der Waals surface area contributed by atoms with Crippen molar-refractivity contribution in [3.8, 4) is 23.0 Å². The van der Waals surface area contributed by atoms with E-state index in [0.29, 0.717) is 28.8 Å². The topological polar surface area (TPSA) is 89.9 Å². The molecule has 1 fully saturated rings. The molecule has 0 saturated carbocycles. The van der Waals surface area contributed by atoms with Crippen molar-refractivity contribution in [2.45, 2.75) is 18.4 Å². The van der Waals surface area contributed by atoms with E-state index in [9.17, 15) is 9.59 Å². The van der Waals surface area contributed by atoms with Crippen LogP contribution in [0.1, 0.15) is 17.9 Å². The van der Waals surface area contributed by atoms with Crippen molar-refractivity contribution in [1.29, 1.82) is 0 Å². The molecule has 0 radical (unpaired) electrons. The van der Waals surface area contributed by atoms with Gasteiger partial charge in [0.2, 0.25) is 11.7 Å². The Bertz CT molecular complexity index is 1060. The first-order valence-corrected chi connectivity index (χ1v) is 10.1. The fourth-order valence-corrected chi connectivity index (χ4v) is 4.31. The van der Waals surface area contributed by atoms with Gasteiger partial charge in [0, 0.05) is 31.5 Å². The number of anilines is 1. The molecule has 32 heavy (non-hydrogen) atoms. The van der Waals surface area contributed by atoms with Crippen LogP contribution >= 0.6 is 0 Å². The predicted molar refractivity (Wildman–Crippen MR) is 118 cm³/mol. The molecule has 2 atom stereocenters. The van der Waals surface area contributed by atoms with Gasteiger partial charge in [0.1, 0.15) is 11.6 Å². The molecule has 2 heterocycles. The summed E-state index contributed by atoms with van der Waals surface area (Å²) in [4.78, 5) is 33.2. The van der Waals surface area contributed by atoms with Gasteiger partial charge >= 0.3 is 6.03 Å². The molecule has 168 valence electrons. The number of aliphatic imine (C=N–C) groups is 1. The number of piperidine rings is 1. The summed E-state index contributed by atoms with van der Waals surface area (Å²) < 4.78 is 21.5. The van der Waals surface area contributed by atoms with Gasteiger partial charge in [0.25, 0.3) is 0 Å². The molecule has 2 aromatic rings. The SMILES string of the molecule is COc1ccc([C@H]2CC(=O)N(c3cc(OC)c(OC)c(OC)c3)C3=NC(=O)N(C)[C@H]32)cc1. The highest BCUT2D eigenvalue weighted by Crippen LogP contribution is 2.44. The van der Waals surface area contributed by atoms with Crippen molar-refractivity contribution >= 4 is 23.5 Å². The summed E-state index contributed by atoms with van der Waals surface area (Å²) in [7, 11) is 7.82. The number of carbonyl (C=O) groups excluding carboxylic acids is 2. The second-order valence-electron chi connectivity index (χ2n) is 7.50. The molecule has 2 aliphatic heterocycles. The summed E-state index contributed by atoms with van der Waals surface area (Å²) in [5.41, 5.74) is 1.42. The van der Waals surface area contributed by atoms with E-state index in [0.717, 1.165) is 11.3 Å². The fraction of sp³-hybridized carbons (Fsp3) is 0.348. The lowest BCUT2D eigenvalue weighted by atomic mass is 9.83. The van der Waals surface area contributed by atoms with Crippen LogP contribution in [0.4, 0.5) is 10.5 Å². The van der Waals surface area contributed by atoms with Crippen LogP contribution in [0.25, 0.3) is 0 Å². The number of likely N-dealkylation sites (N-methyl/N-ethyl adjacent to an activating group) is 1. The standard InChI is InChI=1S/C23H25N3O6/c1-25-20-16(13-6-8-15(29-2)9-7-13)12-19(27)26(22(20)24-23(25)28)14-10-17(30-3)21(32-5)18(11-14)31-4/h6-11,16,20H,12H2,1-5H3/t16-,20+/m1/s1. The lowest BCUT2D eigenvalue weighted by Crippen LogP contribution is -2.54. The number of hydrogen-bond donors (Lipinski definition) is 0. The lowest BCUT2D eigenvalue weighted by Gasteiger charge is -2.39. The molecular formula is C23H25N3O6. The average Bonchev–Trinajstić information content (AvgIpc) is 3.11. The molecule has 0 N–H and O–H groups in total. The van der Waals surface area contributed by atoms with Crippen molar-refractivity contribution in [2.75, 3.05) is 40.4 Å².